The number of rotatable bonds is 1. The molecule has 1 aromatic heterocycles. The van der Waals surface area contributed by atoms with Gasteiger partial charge in [0, 0.05) is 11.7 Å². The summed E-state index contributed by atoms with van der Waals surface area (Å²) in [6.07, 6.45) is 1.62. The van der Waals surface area contributed by atoms with E-state index in [1.165, 1.54) is 6.07 Å². The van der Waals surface area contributed by atoms with E-state index < -0.39 is 12.9 Å². The molecule has 0 saturated heterocycles. The second-order valence-corrected chi connectivity index (χ2v) is 2.81. The van der Waals surface area contributed by atoms with Gasteiger partial charge in [-0.1, -0.05) is 0 Å². The van der Waals surface area contributed by atoms with Gasteiger partial charge >= 0.3 is 7.12 Å². The Morgan fingerprint density at radius 2 is 2.08 bits per heavy atom. The summed E-state index contributed by atoms with van der Waals surface area (Å²) in [5.41, 5.74) is 0.736. The highest BCUT2D eigenvalue weighted by Crippen LogP contribution is 2.11. The van der Waals surface area contributed by atoms with Crippen molar-refractivity contribution in [2.45, 2.75) is 0 Å². The van der Waals surface area contributed by atoms with Crippen LogP contribution in [0.2, 0.25) is 0 Å². The van der Waals surface area contributed by atoms with Gasteiger partial charge in [0.05, 0.1) is 0 Å². The van der Waals surface area contributed by atoms with Gasteiger partial charge in [-0.2, -0.15) is 0 Å². The van der Waals surface area contributed by atoms with Gasteiger partial charge in [0.2, 0.25) is 0 Å². The first kappa shape index (κ1) is 8.28. The summed E-state index contributed by atoms with van der Waals surface area (Å²) in [5.74, 6) is -0.488. The largest absolute Gasteiger partial charge is 0.489 e. The van der Waals surface area contributed by atoms with E-state index in [1.807, 2.05) is 0 Å². The molecule has 1 aromatic carbocycles. The van der Waals surface area contributed by atoms with Crippen molar-refractivity contribution in [3.8, 4) is 0 Å². The van der Waals surface area contributed by atoms with Crippen LogP contribution >= 0.6 is 0 Å². The molecule has 0 radical (unpaired) electrons. The third kappa shape index (κ3) is 1.32. The van der Waals surface area contributed by atoms with E-state index in [-0.39, 0.29) is 5.46 Å². The van der Waals surface area contributed by atoms with Gasteiger partial charge in [0.1, 0.15) is 5.82 Å². The van der Waals surface area contributed by atoms with E-state index in [0.717, 1.165) is 6.07 Å². The van der Waals surface area contributed by atoms with Crippen molar-refractivity contribution >= 4 is 23.5 Å². The molecule has 3 nitrogen and oxygen atoms in total. The van der Waals surface area contributed by atoms with Crippen molar-refractivity contribution in [3.63, 3.8) is 0 Å². The molecule has 0 fully saturated rings. The Bertz CT molecular complexity index is 441. The maximum Gasteiger partial charge on any atom is 0.489 e. The lowest BCUT2D eigenvalue weighted by Gasteiger charge is -2.01. The standard InChI is InChI=1S/C8H7BFNO2/c10-5-3-7(9(12)13)6-1-2-11-8(6)4-5/h1-4,11-13H. The Kier molecular flexibility index (Phi) is 1.83. The van der Waals surface area contributed by atoms with Crippen molar-refractivity contribution in [1.82, 2.24) is 4.98 Å². The maximum atomic E-state index is 12.9. The van der Waals surface area contributed by atoms with E-state index in [4.69, 9.17) is 10.0 Å². The van der Waals surface area contributed by atoms with Crippen molar-refractivity contribution in [2.24, 2.45) is 0 Å². The van der Waals surface area contributed by atoms with Crippen LogP contribution in [0.1, 0.15) is 0 Å². The van der Waals surface area contributed by atoms with Crippen LogP contribution in [0.25, 0.3) is 10.9 Å². The van der Waals surface area contributed by atoms with Crippen LogP contribution in [0.5, 0.6) is 0 Å². The minimum atomic E-state index is -1.64. The normalized spacial score (nSPS) is 10.7. The molecule has 13 heavy (non-hydrogen) atoms. The molecule has 2 rings (SSSR count). The summed E-state index contributed by atoms with van der Waals surface area (Å²) in [6, 6.07) is 4.09. The number of halogens is 1. The lowest BCUT2D eigenvalue weighted by Crippen LogP contribution is -2.30. The Balaban J connectivity index is 2.77. The highest BCUT2D eigenvalue weighted by molar-refractivity contribution is 6.61. The molecular formula is C8H7BFNO2. The van der Waals surface area contributed by atoms with Crippen LogP contribution in [0.3, 0.4) is 0 Å². The third-order valence-corrected chi connectivity index (χ3v) is 1.94. The monoisotopic (exact) mass is 179 g/mol. The van der Waals surface area contributed by atoms with E-state index in [9.17, 15) is 4.39 Å². The maximum absolute atomic E-state index is 12.9. The summed E-state index contributed by atoms with van der Waals surface area (Å²) in [7, 11) is -1.64. The molecule has 1 heterocycles. The molecule has 0 aliphatic carbocycles. The van der Waals surface area contributed by atoms with Crippen LogP contribution in [-0.4, -0.2) is 22.2 Å². The van der Waals surface area contributed by atoms with Gasteiger partial charge in [-0.05, 0) is 29.0 Å². The van der Waals surface area contributed by atoms with Gasteiger partial charge in [-0.15, -0.1) is 0 Å². The number of benzene rings is 1. The highest BCUT2D eigenvalue weighted by Gasteiger charge is 2.16. The summed E-state index contributed by atoms with van der Waals surface area (Å²) in [5, 5.41) is 18.5. The minimum absolute atomic E-state index is 0.177. The predicted molar refractivity (Wildman–Crippen MR) is 48.1 cm³/mol. The zero-order valence-corrected chi connectivity index (χ0v) is 6.66. The van der Waals surface area contributed by atoms with E-state index in [1.54, 1.807) is 12.3 Å². The topological polar surface area (TPSA) is 56.2 Å². The zero-order chi connectivity index (χ0) is 9.42. The molecule has 0 saturated carbocycles. The Morgan fingerprint density at radius 3 is 2.77 bits per heavy atom. The van der Waals surface area contributed by atoms with E-state index >= 15 is 0 Å². The summed E-state index contributed by atoms with van der Waals surface area (Å²) >= 11 is 0. The Labute approximate surface area is 74.0 Å². The van der Waals surface area contributed by atoms with Crippen LogP contribution in [0, 0.1) is 5.82 Å². The van der Waals surface area contributed by atoms with Crippen LogP contribution in [0.15, 0.2) is 24.4 Å². The molecule has 66 valence electrons. The molecule has 5 heteroatoms. The number of aromatic nitrogens is 1. The molecule has 0 amide bonds. The SMILES string of the molecule is OB(O)c1cc(F)cc2[nH]ccc12. The fraction of sp³-hybridized carbons (Fsp3) is 0. The first-order valence-electron chi connectivity index (χ1n) is 3.81. The van der Waals surface area contributed by atoms with Crippen molar-refractivity contribution < 1.29 is 14.4 Å². The van der Waals surface area contributed by atoms with Gasteiger partial charge < -0.3 is 15.0 Å². The van der Waals surface area contributed by atoms with Gasteiger partial charge in [0.25, 0.3) is 0 Å². The van der Waals surface area contributed by atoms with E-state index in [2.05, 4.69) is 4.98 Å². The zero-order valence-electron chi connectivity index (χ0n) is 6.66. The van der Waals surface area contributed by atoms with Gasteiger partial charge in [-0.25, -0.2) is 4.39 Å². The first-order chi connectivity index (χ1) is 6.18. The minimum Gasteiger partial charge on any atom is -0.423 e. The average molecular weight is 179 g/mol. The lowest BCUT2D eigenvalue weighted by atomic mass is 9.78. The molecule has 0 aliphatic heterocycles. The van der Waals surface area contributed by atoms with Crippen molar-refractivity contribution in [2.75, 3.05) is 0 Å². The number of fused-ring (bicyclic) bond motifs is 1. The van der Waals surface area contributed by atoms with E-state index in [0.29, 0.717) is 10.9 Å². The van der Waals surface area contributed by atoms with Crippen LogP contribution in [-0.2, 0) is 0 Å². The molecule has 0 unspecified atom stereocenters. The number of H-pyrrole nitrogens is 1. The third-order valence-electron chi connectivity index (χ3n) is 1.94. The quantitative estimate of drug-likeness (QED) is 0.539. The number of nitrogens with one attached hydrogen (secondary N) is 1. The second kappa shape index (κ2) is 2.87. The summed E-state index contributed by atoms with van der Waals surface area (Å²) in [6.45, 7) is 0. The van der Waals surface area contributed by atoms with Gasteiger partial charge in [0.15, 0.2) is 0 Å². The van der Waals surface area contributed by atoms with Gasteiger partial charge in [-0.3, -0.25) is 0 Å². The molecule has 0 spiro atoms. The summed E-state index contributed by atoms with van der Waals surface area (Å²) < 4.78 is 12.9. The molecule has 2 aromatic rings. The second-order valence-electron chi connectivity index (χ2n) is 2.81. The number of hydrogen-bond donors (Lipinski definition) is 3. The van der Waals surface area contributed by atoms with Crippen LogP contribution < -0.4 is 5.46 Å². The van der Waals surface area contributed by atoms with Crippen molar-refractivity contribution in [1.29, 1.82) is 0 Å². The number of aromatic amines is 1. The predicted octanol–water partition coefficient (Wildman–Crippen LogP) is -0.0132. The fourth-order valence-electron chi connectivity index (χ4n) is 1.37. The summed E-state index contributed by atoms with van der Waals surface area (Å²) in [4.78, 5) is 2.79. The van der Waals surface area contributed by atoms with Crippen molar-refractivity contribution in [3.05, 3.63) is 30.2 Å². The molecular weight excluding hydrogens is 172 g/mol. The fourth-order valence-corrected chi connectivity index (χ4v) is 1.37. The molecule has 0 aliphatic rings. The molecule has 0 atom stereocenters. The van der Waals surface area contributed by atoms with Crippen LogP contribution in [0.4, 0.5) is 4.39 Å². The highest BCUT2D eigenvalue weighted by atomic mass is 19.1. The lowest BCUT2D eigenvalue weighted by molar-refractivity contribution is 0.426. The Morgan fingerprint density at radius 1 is 1.31 bits per heavy atom. The Hall–Kier alpha value is -1.33. The first-order valence-corrected chi connectivity index (χ1v) is 3.81. The number of hydrogen-bond acceptors (Lipinski definition) is 2. The molecule has 3 N–H and O–H groups in total. The molecule has 0 bridgehead atoms. The smallest absolute Gasteiger partial charge is 0.423 e. The average Bonchev–Trinajstić information content (AvgIpc) is 2.49.